The van der Waals surface area contributed by atoms with E-state index >= 15 is 0 Å². The highest BCUT2D eigenvalue weighted by Crippen LogP contribution is 2.60. The summed E-state index contributed by atoms with van der Waals surface area (Å²) < 4.78 is 16.3. The normalized spacial score (nSPS) is 22.1. The molecule has 1 fully saturated rings. The SMILES string of the molecule is CCCCCCC1(C2(C(=O)OC)CC2)OC=CO1. The van der Waals surface area contributed by atoms with Crippen LogP contribution in [0.1, 0.15) is 51.9 Å². The van der Waals surface area contributed by atoms with Gasteiger partial charge in [0.2, 0.25) is 0 Å². The van der Waals surface area contributed by atoms with Crippen LogP contribution < -0.4 is 0 Å². The summed E-state index contributed by atoms with van der Waals surface area (Å²) in [7, 11) is 1.43. The molecule has 0 unspecified atom stereocenters. The Morgan fingerprint density at radius 3 is 2.39 bits per heavy atom. The van der Waals surface area contributed by atoms with Crippen LogP contribution in [-0.2, 0) is 19.0 Å². The fraction of sp³-hybridized carbons (Fsp3) is 0.786. The molecule has 0 atom stereocenters. The van der Waals surface area contributed by atoms with Gasteiger partial charge in [0.15, 0.2) is 0 Å². The molecule has 2 aliphatic rings. The van der Waals surface area contributed by atoms with Crippen molar-refractivity contribution in [1.29, 1.82) is 0 Å². The van der Waals surface area contributed by atoms with Crippen LogP contribution in [0.15, 0.2) is 12.5 Å². The number of hydrogen-bond donors (Lipinski definition) is 0. The Labute approximate surface area is 108 Å². The molecule has 102 valence electrons. The number of rotatable bonds is 7. The number of esters is 1. The van der Waals surface area contributed by atoms with Crippen LogP contribution in [0.25, 0.3) is 0 Å². The van der Waals surface area contributed by atoms with Gasteiger partial charge in [-0.05, 0) is 19.3 Å². The van der Waals surface area contributed by atoms with Crippen LogP contribution in [0, 0.1) is 5.41 Å². The monoisotopic (exact) mass is 254 g/mol. The van der Waals surface area contributed by atoms with E-state index in [-0.39, 0.29) is 5.97 Å². The maximum absolute atomic E-state index is 12.0. The van der Waals surface area contributed by atoms with Gasteiger partial charge in [0, 0.05) is 6.42 Å². The minimum absolute atomic E-state index is 0.207. The van der Waals surface area contributed by atoms with E-state index in [1.807, 2.05) is 0 Å². The first kappa shape index (κ1) is 13.2. The van der Waals surface area contributed by atoms with Gasteiger partial charge in [-0.25, -0.2) is 0 Å². The fourth-order valence-corrected chi connectivity index (χ4v) is 2.73. The zero-order valence-corrected chi connectivity index (χ0v) is 11.2. The number of ether oxygens (including phenoxy) is 3. The van der Waals surface area contributed by atoms with Crippen molar-refractivity contribution in [2.45, 2.75) is 57.7 Å². The molecule has 4 nitrogen and oxygen atoms in total. The molecule has 0 bridgehead atoms. The molecule has 0 amide bonds. The van der Waals surface area contributed by atoms with Gasteiger partial charge in [-0.15, -0.1) is 0 Å². The number of methoxy groups -OCH3 is 1. The second kappa shape index (κ2) is 5.21. The summed E-state index contributed by atoms with van der Waals surface area (Å²) >= 11 is 0. The third-order valence-corrected chi connectivity index (χ3v) is 3.99. The lowest BCUT2D eigenvalue weighted by Gasteiger charge is -2.34. The summed E-state index contributed by atoms with van der Waals surface area (Å²) in [6.45, 7) is 2.18. The fourth-order valence-electron chi connectivity index (χ4n) is 2.73. The average Bonchev–Trinajstić information content (AvgIpc) is 3.08. The van der Waals surface area contributed by atoms with E-state index in [0.717, 1.165) is 32.1 Å². The van der Waals surface area contributed by atoms with Gasteiger partial charge in [0.25, 0.3) is 5.79 Å². The highest BCUT2D eigenvalue weighted by atomic mass is 16.7. The van der Waals surface area contributed by atoms with Crippen molar-refractivity contribution in [3.8, 4) is 0 Å². The molecule has 0 aromatic rings. The highest BCUT2D eigenvalue weighted by Gasteiger charge is 2.69. The summed E-state index contributed by atoms with van der Waals surface area (Å²) in [6, 6.07) is 0. The zero-order chi connectivity index (χ0) is 13.1. The van der Waals surface area contributed by atoms with Crippen LogP contribution in [0.2, 0.25) is 0 Å². The molecule has 2 rings (SSSR count). The number of carbonyl (C=O) groups excluding carboxylic acids is 1. The number of hydrogen-bond acceptors (Lipinski definition) is 4. The maximum Gasteiger partial charge on any atom is 0.319 e. The molecule has 18 heavy (non-hydrogen) atoms. The van der Waals surface area contributed by atoms with Gasteiger partial charge in [-0.2, -0.15) is 0 Å². The quantitative estimate of drug-likeness (QED) is 0.517. The van der Waals surface area contributed by atoms with E-state index in [1.54, 1.807) is 12.5 Å². The van der Waals surface area contributed by atoms with Gasteiger partial charge in [0.1, 0.15) is 17.9 Å². The van der Waals surface area contributed by atoms with Gasteiger partial charge < -0.3 is 14.2 Å². The molecule has 0 saturated heterocycles. The molecular formula is C14H22O4. The van der Waals surface area contributed by atoms with Crippen LogP contribution >= 0.6 is 0 Å². The van der Waals surface area contributed by atoms with E-state index in [4.69, 9.17) is 14.2 Å². The Morgan fingerprint density at radius 2 is 1.89 bits per heavy atom. The largest absolute Gasteiger partial charge is 0.468 e. The Morgan fingerprint density at radius 1 is 1.22 bits per heavy atom. The lowest BCUT2D eigenvalue weighted by atomic mass is 9.89. The molecule has 0 radical (unpaired) electrons. The first-order valence-corrected chi connectivity index (χ1v) is 6.80. The molecule has 1 aliphatic carbocycles. The molecule has 0 spiro atoms. The predicted molar refractivity (Wildman–Crippen MR) is 66.5 cm³/mol. The molecule has 1 aliphatic heterocycles. The lowest BCUT2D eigenvalue weighted by Crippen LogP contribution is -2.46. The minimum Gasteiger partial charge on any atom is -0.468 e. The minimum atomic E-state index is -0.812. The molecule has 0 aromatic heterocycles. The van der Waals surface area contributed by atoms with Crippen LogP contribution in [0.3, 0.4) is 0 Å². The van der Waals surface area contributed by atoms with Crippen molar-refractivity contribution in [1.82, 2.24) is 0 Å². The van der Waals surface area contributed by atoms with Crippen LogP contribution in [-0.4, -0.2) is 18.9 Å². The standard InChI is InChI=1S/C14H22O4/c1-3-4-5-6-7-14(17-10-11-18-14)13(8-9-13)12(15)16-2/h10-11H,3-9H2,1-2H3. The van der Waals surface area contributed by atoms with E-state index < -0.39 is 11.2 Å². The van der Waals surface area contributed by atoms with Gasteiger partial charge in [0.05, 0.1) is 7.11 Å². The Balaban J connectivity index is 2.01. The van der Waals surface area contributed by atoms with E-state index in [1.165, 1.54) is 20.0 Å². The Kier molecular flexibility index (Phi) is 3.83. The first-order valence-electron chi connectivity index (χ1n) is 6.80. The van der Waals surface area contributed by atoms with Crippen LogP contribution in [0.4, 0.5) is 0 Å². The molecule has 0 aromatic carbocycles. The van der Waals surface area contributed by atoms with E-state index in [9.17, 15) is 4.79 Å². The molecular weight excluding hydrogens is 232 g/mol. The molecule has 0 N–H and O–H groups in total. The summed E-state index contributed by atoms with van der Waals surface area (Å²) in [4.78, 5) is 12.0. The second-order valence-electron chi connectivity index (χ2n) is 5.15. The summed E-state index contributed by atoms with van der Waals surface area (Å²) in [6.07, 6.45) is 9.95. The van der Waals surface area contributed by atoms with Gasteiger partial charge in [-0.3, -0.25) is 4.79 Å². The van der Waals surface area contributed by atoms with Crippen LogP contribution in [0.5, 0.6) is 0 Å². The highest BCUT2D eigenvalue weighted by molar-refractivity contribution is 5.81. The Hall–Kier alpha value is -1.19. The molecule has 1 saturated carbocycles. The lowest BCUT2D eigenvalue weighted by molar-refractivity contribution is -0.212. The van der Waals surface area contributed by atoms with Crippen molar-refractivity contribution in [2.24, 2.45) is 5.41 Å². The van der Waals surface area contributed by atoms with Crippen molar-refractivity contribution in [3.63, 3.8) is 0 Å². The van der Waals surface area contributed by atoms with Crippen molar-refractivity contribution >= 4 is 5.97 Å². The van der Waals surface area contributed by atoms with Gasteiger partial charge in [-0.1, -0.05) is 26.2 Å². The predicted octanol–water partition coefficient (Wildman–Crippen LogP) is 3.12. The third kappa shape index (κ3) is 2.08. The first-order chi connectivity index (χ1) is 8.71. The number of unbranched alkanes of at least 4 members (excludes halogenated alkanes) is 3. The topological polar surface area (TPSA) is 44.8 Å². The summed E-state index contributed by atoms with van der Waals surface area (Å²) in [5, 5.41) is 0. The summed E-state index contributed by atoms with van der Waals surface area (Å²) in [5.74, 6) is -1.02. The summed E-state index contributed by atoms with van der Waals surface area (Å²) in [5.41, 5.74) is -0.586. The average molecular weight is 254 g/mol. The number of carbonyl (C=O) groups is 1. The van der Waals surface area contributed by atoms with Crippen molar-refractivity contribution in [3.05, 3.63) is 12.5 Å². The Bertz CT molecular complexity index is 323. The zero-order valence-electron chi connectivity index (χ0n) is 11.2. The van der Waals surface area contributed by atoms with Crippen molar-refractivity contribution < 1.29 is 19.0 Å². The van der Waals surface area contributed by atoms with E-state index in [0.29, 0.717) is 0 Å². The van der Waals surface area contributed by atoms with Crippen molar-refractivity contribution in [2.75, 3.05) is 7.11 Å². The molecule has 1 heterocycles. The smallest absolute Gasteiger partial charge is 0.319 e. The van der Waals surface area contributed by atoms with Gasteiger partial charge >= 0.3 is 5.97 Å². The van der Waals surface area contributed by atoms with E-state index in [2.05, 4.69) is 6.92 Å². The second-order valence-corrected chi connectivity index (χ2v) is 5.15. The maximum atomic E-state index is 12.0. The molecule has 4 heteroatoms. The third-order valence-electron chi connectivity index (χ3n) is 3.99.